The van der Waals surface area contributed by atoms with E-state index in [4.69, 9.17) is 14.2 Å². The van der Waals surface area contributed by atoms with Gasteiger partial charge in [-0.1, -0.05) is 77.6 Å². The maximum absolute atomic E-state index is 12.5. The van der Waals surface area contributed by atoms with Crippen molar-refractivity contribution >= 4 is 17.3 Å². The molecule has 0 spiro atoms. The van der Waals surface area contributed by atoms with Gasteiger partial charge in [0.2, 0.25) is 0 Å². The molecule has 0 saturated carbocycles. The first-order chi connectivity index (χ1) is 19.7. The summed E-state index contributed by atoms with van der Waals surface area (Å²) in [7, 11) is 1.62. The lowest BCUT2D eigenvalue weighted by atomic mass is 10.1. The molecule has 3 aromatic rings. The Labute approximate surface area is 239 Å². The van der Waals surface area contributed by atoms with E-state index >= 15 is 0 Å². The fourth-order valence-corrected chi connectivity index (χ4v) is 4.33. The Hall–Kier alpha value is -3.67. The van der Waals surface area contributed by atoms with Crippen molar-refractivity contribution in [1.82, 2.24) is 0 Å². The monoisotopic (exact) mass is 544 g/mol. The minimum Gasteiger partial charge on any atom is -0.497 e. The van der Waals surface area contributed by atoms with Gasteiger partial charge in [-0.25, -0.2) is 4.79 Å². The Morgan fingerprint density at radius 3 is 1.52 bits per heavy atom. The molecule has 0 amide bonds. The van der Waals surface area contributed by atoms with Crippen LogP contribution in [-0.2, 0) is 0 Å². The summed E-state index contributed by atoms with van der Waals surface area (Å²) in [6.45, 7) is 2.97. The van der Waals surface area contributed by atoms with Gasteiger partial charge in [-0.15, -0.1) is 0 Å². The minimum atomic E-state index is -0.417. The highest BCUT2D eigenvalue weighted by molar-refractivity contribution is 5.91. The van der Waals surface area contributed by atoms with Crippen LogP contribution in [0.3, 0.4) is 0 Å². The summed E-state index contributed by atoms with van der Waals surface area (Å²) >= 11 is 0. The first kappa shape index (κ1) is 30.9. The number of esters is 1. The van der Waals surface area contributed by atoms with Crippen LogP contribution in [0.15, 0.2) is 83.0 Å². The van der Waals surface area contributed by atoms with Gasteiger partial charge in [0, 0.05) is 0 Å². The normalized spacial score (nSPS) is 11.1. The largest absolute Gasteiger partial charge is 0.497 e. The molecule has 40 heavy (non-hydrogen) atoms. The zero-order chi connectivity index (χ0) is 28.3. The second-order valence-corrected chi connectivity index (χ2v) is 10.0. The molecule has 0 fully saturated rings. The second kappa shape index (κ2) is 18.6. The predicted molar refractivity (Wildman–Crippen MR) is 162 cm³/mol. The summed E-state index contributed by atoms with van der Waals surface area (Å²) in [6, 6.07) is 21.3. The van der Waals surface area contributed by atoms with E-state index in [0.717, 1.165) is 23.6 Å². The molecule has 0 aliphatic carbocycles. The third-order valence-corrected chi connectivity index (χ3v) is 6.76. The van der Waals surface area contributed by atoms with Crippen molar-refractivity contribution in [3.8, 4) is 17.2 Å². The lowest BCUT2D eigenvalue weighted by Gasteiger charge is -2.08. The number of hydrogen-bond acceptors (Lipinski definition) is 6. The van der Waals surface area contributed by atoms with E-state index < -0.39 is 5.97 Å². The molecule has 0 radical (unpaired) electrons. The molecule has 0 bridgehead atoms. The van der Waals surface area contributed by atoms with Crippen LogP contribution < -0.4 is 14.2 Å². The molecule has 3 rings (SSSR count). The molecule has 0 aliphatic rings. The van der Waals surface area contributed by atoms with Crippen LogP contribution in [0.1, 0.15) is 94.3 Å². The summed E-state index contributed by atoms with van der Waals surface area (Å²) in [5.41, 5.74) is 1.85. The number of carbonyl (C=O) groups is 1. The highest BCUT2D eigenvalue weighted by atomic mass is 16.5. The smallest absolute Gasteiger partial charge is 0.343 e. The Morgan fingerprint density at radius 1 is 0.575 bits per heavy atom. The van der Waals surface area contributed by atoms with Gasteiger partial charge >= 0.3 is 5.97 Å². The number of nitrogens with zero attached hydrogens (tertiary/aromatic N) is 2. The maximum Gasteiger partial charge on any atom is 0.343 e. The zero-order valence-corrected chi connectivity index (χ0v) is 24.1. The summed E-state index contributed by atoms with van der Waals surface area (Å²) in [5.74, 6) is 1.56. The number of unbranched alkanes of at least 4 members (excludes halogenated alkanes) is 11. The van der Waals surface area contributed by atoms with Crippen molar-refractivity contribution in [2.45, 2.75) is 84.0 Å². The van der Waals surface area contributed by atoms with Crippen LogP contribution in [-0.4, -0.2) is 19.7 Å². The van der Waals surface area contributed by atoms with Crippen LogP contribution >= 0.6 is 0 Å². The van der Waals surface area contributed by atoms with Crippen LogP contribution in [0.4, 0.5) is 11.4 Å². The number of carbonyl (C=O) groups excluding carboxylic acids is 1. The van der Waals surface area contributed by atoms with Crippen LogP contribution in [0, 0.1) is 0 Å². The highest BCUT2D eigenvalue weighted by Crippen LogP contribution is 2.24. The highest BCUT2D eigenvalue weighted by Gasteiger charge is 2.09. The number of methoxy groups -OCH3 is 1. The van der Waals surface area contributed by atoms with Gasteiger partial charge in [-0.2, -0.15) is 10.2 Å². The molecule has 3 aromatic carbocycles. The van der Waals surface area contributed by atoms with Gasteiger partial charge in [-0.05, 0) is 79.2 Å². The second-order valence-electron chi connectivity index (χ2n) is 10.0. The summed E-state index contributed by atoms with van der Waals surface area (Å²) in [6.07, 6.45) is 15.9. The van der Waals surface area contributed by atoms with Gasteiger partial charge in [0.1, 0.15) is 17.2 Å². The molecule has 0 saturated heterocycles. The van der Waals surface area contributed by atoms with E-state index in [1.54, 1.807) is 43.5 Å². The molecule has 0 N–H and O–H groups in total. The van der Waals surface area contributed by atoms with E-state index in [1.165, 1.54) is 70.6 Å². The van der Waals surface area contributed by atoms with E-state index in [-0.39, 0.29) is 0 Å². The van der Waals surface area contributed by atoms with Crippen LogP contribution in [0.2, 0.25) is 0 Å². The van der Waals surface area contributed by atoms with Crippen molar-refractivity contribution in [2.75, 3.05) is 13.7 Å². The zero-order valence-electron chi connectivity index (χ0n) is 24.1. The molecule has 0 unspecified atom stereocenters. The third-order valence-electron chi connectivity index (χ3n) is 6.76. The van der Waals surface area contributed by atoms with Gasteiger partial charge in [0.15, 0.2) is 0 Å². The van der Waals surface area contributed by atoms with Gasteiger partial charge in [0.05, 0.1) is 30.7 Å². The fourth-order valence-electron chi connectivity index (χ4n) is 4.33. The Balaban J connectivity index is 1.29. The van der Waals surface area contributed by atoms with E-state index in [1.807, 2.05) is 36.4 Å². The predicted octanol–water partition coefficient (Wildman–Crippen LogP) is 10.4. The van der Waals surface area contributed by atoms with Gasteiger partial charge in [0.25, 0.3) is 0 Å². The number of hydrogen-bond donors (Lipinski definition) is 0. The van der Waals surface area contributed by atoms with E-state index in [0.29, 0.717) is 23.6 Å². The third kappa shape index (κ3) is 12.0. The Bertz CT molecular complexity index is 1130. The van der Waals surface area contributed by atoms with Crippen LogP contribution in [0.5, 0.6) is 17.2 Å². The Morgan fingerprint density at radius 2 is 1.02 bits per heavy atom. The molecule has 0 atom stereocenters. The Kier molecular flexibility index (Phi) is 14.3. The maximum atomic E-state index is 12.5. The van der Waals surface area contributed by atoms with Gasteiger partial charge in [-0.3, -0.25) is 0 Å². The van der Waals surface area contributed by atoms with Gasteiger partial charge < -0.3 is 14.2 Å². The summed E-state index contributed by atoms with van der Waals surface area (Å²) in [5, 5.41) is 8.42. The number of azo groups is 1. The number of rotatable bonds is 19. The lowest BCUT2D eigenvalue weighted by molar-refractivity contribution is 0.0734. The molecule has 6 nitrogen and oxygen atoms in total. The average Bonchev–Trinajstić information content (AvgIpc) is 2.99. The first-order valence-corrected chi connectivity index (χ1v) is 14.8. The summed E-state index contributed by atoms with van der Waals surface area (Å²) in [4.78, 5) is 12.5. The number of ether oxygens (including phenoxy) is 3. The van der Waals surface area contributed by atoms with Crippen LogP contribution in [0.25, 0.3) is 0 Å². The van der Waals surface area contributed by atoms with E-state index in [9.17, 15) is 4.79 Å². The molecule has 6 heteroatoms. The molecule has 214 valence electrons. The molecular formula is C34H44N2O4. The topological polar surface area (TPSA) is 69.5 Å². The van der Waals surface area contributed by atoms with Crippen molar-refractivity contribution in [2.24, 2.45) is 10.2 Å². The average molecular weight is 545 g/mol. The summed E-state index contributed by atoms with van der Waals surface area (Å²) < 4.78 is 16.5. The van der Waals surface area contributed by atoms with Crippen molar-refractivity contribution < 1.29 is 19.0 Å². The van der Waals surface area contributed by atoms with Crippen molar-refractivity contribution in [3.05, 3.63) is 78.4 Å². The SMILES string of the molecule is CCCCCCCCCCCCCCOc1ccc(C(=O)Oc2ccc(N=Nc3ccc(OC)cc3)cc2)cc1. The molecule has 0 heterocycles. The molecular weight excluding hydrogens is 500 g/mol. The molecule has 0 aliphatic heterocycles. The van der Waals surface area contributed by atoms with Crippen molar-refractivity contribution in [1.29, 1.82) is 0 Å². The first-order valence-electron chi connectivity index (χ1n) is 14.8. The number of benzene rings is 3. The lowest BCUT2D eigenvalue weighted by Crippen LogP contribution is -2.08. The minimum absolute atomic E-state index is 0.417. The molecule has 0 aromatic heterocycles. The quantitative estimate of drug-likeness (QED) is 0.0651. The van der Waals surface area contributed by atoms with Crippen molar-refractivity contribution in [3.63, 3.8) is 0 Å². The fraction of sp³-hybridized carbons (Fsp3) is 0.441. The standard InChI is InChI=1S/C34H44N2O4/c1-3-4-5-6-7-8-9-10-11-12-13-14-27-39-32-21-15-28(16-22-32)34(37)40-33-25-19-30(20-26-33)36-35-29-17-23-31(38-2)24-18-29/h15-26H,3-14,27H2,1-2H3. The van der Waals surface area contributed by atoms with E-state index in [2.05, 4.69) is 17.2 Å².